The molecule has 0 aliphatic heterocycles. The van der Waals surface area contributed by atoms with E-state index in [9.17, 15) is 0 Å². The summed E-state index contributed by atoms with van der Waals surface area (Å²) < 4.78 is 0. The average molecular weight is 208 g/mol. The molecule has 0 aliphatic carbocycles. The molecule has 0 bridgehead atoms. The first-order chi connectivity index (χ1) is 6.72. The zero-order valence-corrected chi connectivity index (χ0v) is 9.82. The summed E-state index contributed by atoms with van der Waals surface area (Å²) in [7, 11) is 0. The summed E-state index contributed by atoms with van der Waals surface area (Å²) >= 11 is 1.60. The number of hydrogen-bond donors (Lipinski definition) is 0. The third-order valence-corrected chi connectivity index (χ3v) is 3.40. The summed E-state index contributed by atoms with van der Waals surface area (Å²) in [6.07, 6.45) is 1.15. The lowest BCUT2D eigenvalue weighted by Gasteiger charge is -2.19. The van der Waals surface area contributed by atoms with Crippen LogP contribution in [0.2, 0.25) is 0 Å². The largest absolute Gasteiger partial charge is 0.364 e. The van der Waals surface area contributed by atoms with Crippen molar-refractivity contribution in [1.29, 1.82) is 5.26 Å². The van der Waals surface area contributed by atoms with E-state index in [0.717, 1.165) is 30.0 Å². The molecule has 14 heavy (non-hydrogen) atoms. The molecule has 0 fully saturated rings. The van der Waals surface area contributed by atoms with Crippen molar-refractivity contribution >= 4 is 16.3 Å². The number of rotatable bonds is 4. The van der Waals surface area contributed by atoms with Crippen molar-refractivity contribution in [2.45, 2.75) is 27.2 Å². The Labute approximate surface area is 89.8 Å². The van der Waals surface area contributed by atoms with Gasteiger partial charge in [0.1, 0.15) is 10.9 Å². The van der Waals surface area contributed by atoms with Gasteiger partial charge in [-0.05, 0) is 31.9 Å². The van der Waals surface area contributed by atoms with E-state index in [0.29, 0.717) is 0 Å². The van der Waals surface area contributed by atoms with Gasteiger partial charge < -0.3 is 4.90 Å². The smallest absolute Gasteiger partial charge is 0.110 e. The van der Waals surface area contributed by atoms with Crippen molar-refractivity contribution in [2.24, 2.45) is 0 Å². The fourth-order valence-electron chi connectivity index (χ4n) is 1.43. The Bertz CT molecular complexity index is 336. The van der Waals surface area contributed by atoms with Crippen LogP contribution in [0.3, 0.4) is 0 Å². The van der Waals surface area contributed by atoms with Crippen molar-refractivity contribution in [3.05, 3.63) is 16.5 Å². The van der Waals surface area contributed by atoms with Crippen molar-refractivity contribution in [2.75, 3.05) is 18.0 Å². The lowest BCUT2D eigenvalue weighted by molar-refractivity contribution is 0.798. The van der Waals surface area contributed by atoms with Gasteiger partial charge in [0, 0.05) is 13.1 Å². The van der Waals surface area contributed by atoms with Crippen LogP contribution in [-0.4, -0.2) is 13.1 Å². The normalized spacial score (nSPS) is 9.86. The zero-order chi connectivity index (χ0) is 10.6. The van der Waals surface area contributed by atoms with E-state index in [4.69, 9.17) is 5.26 Å². The molecule has 0 N–H and O–H groups in total. The highest BCUT2D eigenvalue weighted by molar-refractivity contribution is 7.16. The Balaban J connectivity index is 2.89. The van der Waals surface area contributed by atoms with E-state index in [1.807, 2.05) is 6.92 Å². The molecule has 2 nitrogen and oxygen atoms in total. The second kappa shape index (κ2) is 5.02. The van der Waals surface area contributed by atoms with Crippen molar-refractivity contribution in [3.8, 4) is 6.07 Å². The topological polar surface area (TPSA) is 27.0 Å². The van der Waals surface area contributed by atoms with Crippen LogP contribution in [0.5, 0.6) is 0 Å². The minimum Gasteiger partial charge on any atom is -0.364 e. The first-order valence-electron chi connectivity index (χ1n) is 4.98. The maximum atomic E-state index is 8.86. The zero-order valence-electron chi connectivity index (χ0n) is 9.00. The van der Waals surface area contributed by atoms with Crippen LogP contribution < -0.4 is 4.90 Å². The quantitative estimate of drug-likeness (QED) is 0.760. The van der Waals surface area contributed by atoms with Gasteiger partial charge in [0.05, 0.1) is 5.00 Å². The van der Waals surface area contributed by atoms with Gasteiger partial charge in [-0.15, -0.1) is 11.3 Å². The van der Waals surface area contributed by atoms with Crippen LogP contribution in [0.15, 0.2) is 6.07 Å². The second-order valence-electron chi connectivity index (χ2n) is 3.29. The fraction of sp³-hybridized carbons (Fsp3) is 0.545. The van der Waals surface area contributed by atoms with Gasteiger partial charge in [0.2, 0.25) is 0 Å². The van der Waals surface area contributed by atoms with Gasteiger partial charge in [-0.1, -0.05) is 6.92 Å². The van der Waals surface area contributed by atoms with Crippen molar-refractivity contribution < 1.29 is 0 Å². The molecular formula is C11H16N2S. The Morgan fingerprint density at radius 1 is 1.50 bits per heavy atom. The highest BCUT2D eigenvalue weighted by atomic mass is 32.1. The average Bonchev–Trinajstić information content (AvgIpc) is 2.56. The third-order valence-electron chi connectivity index (χ3n) is 2.19. The molecule has 0 amide bonds. The molecule has 0 saturated heterocycles. The summed E-state index contributed by atoms with van der Waals surface area (Å²) in [6, 6.07) is 4.34. The molecule has 0 saturated carbocycles. The van der Waals surface area contributed by atoms with E-state index < -0.39 is 0 Å². The predicted octanol–water partition coefficient (Wildman–Crippen LogP) is 3.16. The fourth-order valence-corrected chi connectivity index (χ4v) is 2.49. The lowest BCUT2D eigenvalue weighted by Crippen LogP contribution is -2.22. The van der Waals surface area contributed by atoms with E-state index in [-0.39, 0.29) is 0 Å². The molecule has 0 atom stereocenters. The van der Waals surface area contributed by atoms with Crippen molar-refractivity contribution in [1.82, 2.24) is 0 Å². The number of hydrogen-bond acceptors (Lipinski definition) is 3. The van der Waals surface area contributed by atoms with Crippen molar-refractivity contribution in [3.63, 3.8) is 0 Å². The highest BCUT2D eigenvalue weighted by Crippen LogP contribution is 2.29. The molecule has 3 heteroatoms. The van der Waals surface area contributed by atoms with E-state index in [1.165, 1.54) is 5.00 Å². The summed E-state index contributed by atoms with van der Waals surface area (Å²) in [5.41, 5.74) is 1.10. The van der Waals surface area contributed by atoms with Gasteiger partial charge in [0.15, 0.2) is 0 Å². The molecule has 1 aromatic heterocycles. The standard InChI is InChI=1S/C11H16N2S/c1-4-6-13(5-2)11-7-9(3)10(8-12)14-11/h7H,4-6H2,1-3H3. The molecular weight excluding hydrogens is 192 g/mol. The molecule has 0 aliphatic rings. The highest BCUT2D eigenvalue weighted by Gasteiger charge is 2.09. The first kappa shape index (κ1) is 11.1. The summed E-state index contributed by atoms with van der Waals surface area (Å²) in [4.78, 5) is 3.16. The van der Waals surface area contributed by atoms with Crippen LogP contribution in [0.1, 0.15) is 30.7 Å². The number of nitriles is 1. The lowest BCUT2D eigenvalue weighted by atomic mass is 10.3. The van der Waals surface area contributed by atoms with Crippen LogP contribution in [0.4, 0.5) is 5.00 Å². The Morgan fingerprint density at radius 3 is 2.64 bits per heavy atom. The minimum absolute atomic E-state index is 0.842. The number of anilines is 1. The summed E-state index contributed by atoms with van der Waals surface area (Å²) in [6.45, 7) is 8.41. The molecule has 0 spiro atoms. The molecule has 76 valence electrons. The Hall–Kier alpha value is -1.01. The molecule has 1 heterocycles. The first-order valence-corrected chi connectivity index (χ1v) is 5.80. The van der Waals surface area contributed by atoms with Crippen LogP contribution in [-0.2, 0) is 0 Å². The van der Waals surface area contributed by atoms with Gasteiger partial charge in [-0.2, -0.15) is 5.26 Å². The number of nitrogens with zero attached hydrogens (tertiary/aromatic N) is 2. The van der Waals surface area contributed by atoms with Crippen LogP contribution in [0, 0.1) is 18.3 Å². The predicted molar refractivity (Wildman–Crippen MR) is 61.9 cm³/mol. The SMILES string of the molecule is CCCN(CC)c1cc(C)c(C#N)s1. The molecule has 0 radical (unpaired) electrons. The monoisotopic (exact) mass is 208 g/mol. The molecule has 0 aromatic carbocycles. The molecule has 0 unspecified atom stereocenters. The number of thiophene rings is 1. The Kier molecular flexibility index (Phi) is 3.97. The third kappa shape index (κ3) is 2.27. The van der Waals surface area contributed by atoms with E-state index in [1.54, 1.807) is 11.3 Å². The summed E-state index contributed by atoms with van der Waals surface area (Å²) in [5.74, 6) is 0. The van der Waals surface area contributed by atoms with Gasteiger partial charge in [-0.25, -0.2) is 0 Å². The maximum Gasteiger partial charge on any atom is 0.110 e. The minimum atomic E-state index is 0.842. The molecule has 1 aromatic rings. The second-order valence-corrected chi connectivity index (χ2v) is 4.32. The molecule has 1 rings (SSSR count). The Morgan fingerprint density at radius 2 is 2.21 bits per heavy atom. The maximum absolute atomic E-state index is 8.86. The van der Waals surface area contributed by atoms with Crippen LogP contribution >= 0.6 is 11.3 Å². The summed E-state index contributed by atoms with van der Waals surface area (Å²) in [5, 5.41) is 10.1. The van der Waals surface area contributed by atoms with E-state index >= 15 is 0 Å². The van der Waals surface area contributed by atoms with Gasteiger partial charge in [0.25, 0.3) is 0 Å². The van der Waals surface area contributed by atoms with Gasteiger partial charge in [-0.3, -0.25) is 0 Å². The number of aryl methyl sites for hydroxylation is 1. The van der Waals surface area contributed by atoms with Gasteiger partial charge >= 0.3 is 0 Å². The van der Waals surface area contributed by atoms with E-state index in [2.05, 4.69) is 30.9 Å². The van der Waals surface area contributed by atoms with Crippen LogP contribution in [0.25, 0.3) is 0 Å².